The van der Waals surface area contributed by atoms with Crippen LogP contribution in [0.15, 0.2) is 58.1 Å². The molecule has 164 valence electrons. The van der Waals surface area contributed by atoms with Gasteiger partial charge in [-0.1, -0.05) is 36.4 Å². The second-order valence-electron chi connectivity index (χ2n) is 10.1. The summed E-state index contributed by atoms with van der Waals surface area (Å²) in [5, 5.41) is 0.513. The molecule has 6 heteroatoms. The molecule has 0 amide bonds. The summed E-state index contributed by atoms with van der Waals surface area (Å²) in [5.41, 5.74) is 1.73. The smallest absolute Gasteiger partial charge is 0.331 e. The third kappa shape index (κ3) is 2.81. The van der Waals surface area contributed by atoms with Crippen molar-refractivity contribution < 1.29 is 9.53 Å². The van der Waals surface area contributed by atoms with Gasteiger partial charge in [-0.2, -0.15) is 0 Å². The predicted octanol–water partition coefficient (Wildman–Crippen LogP) is 3.02. The fourth-order valence-electron chi connectivity index (χ4n) is 6.16. The van der Waals surface area contributed by atoms with E-state index in [0.29, 0.717) is 29.3 Å². The van der Waals surface area contributed by atoms with E-state index in [9.17, 15) is 14.4 Å². The fourth-order valence-corrected chi connectivity index (χ4v) is 6.16. The molecule has 0 N–H and O–H groups in total. The highest BCUT2D eigenvalue weighted by molar-refractivity contribution is 5.82. The topological polar surface area (TPSA) is 70.3 Å². The third-order valence-corrected chi connectivity index (χ3v) is 8.05. The van der Waals surface area contributed by atoms with E-state index in [1.807, 2.05) is 48.5 Å². The van der Waals surface area contributed by atoms with Crippen LogP contribution in [0, 0.1) is 16.7 Å². The minimum Gasteiger partial charge on any atom is -0.465 e. The molecule has 3 aliphatic rings. The van der Waals surface area contributed by atoms with Crippen molar-refractivity contribution >= 4 is 16.9 Å². The number of nitrogens with zero attached hydrogens (tertiary/aromatic N) is 2. The van der Waals surface area contributed by atoms with Crippen molar-refractivity contribution in [3.8, 4) is 0 Å². The van der Waals surface area contributed by atoms with Gasteiger partial charge in [-0.3, -0.25) is 18.7 Å². The molecular formula is C26H26N2O4. The molecule has 32 heavy (non-hydrogen) atoms. The lowest BCUT2D eigenvalue weighted by Gasteiger charge is -2.25. The average Bonchev–Trinajstić information content (AvgIpc) is 3.40. The summed E-state index contributed by atoms with van der Waals surface area (Å²) in [7, 11) is 1.70. The Balaban J connectivity index is 1.43. The Hall–Kier alpha value is -3.15. The minimum absolute atomic E-state index is 0.0756. The lowest BCUT2D eigenvalue weighted by molar-refractivity contribution is -0.146. The number of fused-ring (bicyclic) bond motifs is 2. The third-order valence-electron chi connectivity index (χ3n) is 8.05. The van der Waals surface area contributed by atoms with Crippen molar-refractivity contribution in [1.29, 1.82) is 0 Å². The molecule has 3 fully saturated rings. The highest BCUT2D eigenvalue weighted by Crippen LogP contribution is 2.68. The van der Waals surface area contributed by atoms with Crippen molar-refractivity contribution in [3.05, 3.63) is 80.5 Å². The molecule has 2 aliphatic carbocycles. The second kappa shape index (κ2) is 6.67. The Morgan fingerprint density at radius 1 is 1.03 bits per heavy atom. The summed E-state index contributed by atoms with van der Waals surface area (Å²) in [6, 6.07) is 15.2. The molecule has 0 bridgehead atoms. The first kappa shape index (κ1) is 19.5. The van der Waals surface area contributed by atoms with E-state index in [0.717, 1.165) is 24.0 Å². The van der Waals surface area contributed by atoms with E-state index >= 15 is 0 Å². The highest BCUT2D eigenvalue weighted by Gasteiger charge is 2.65. The van der Waals surface area contributed by atoms with Gasteiger partial charge in [-0.25, -0.2) is 4.79 Å². The fraction of sp³-hybridized carbons (Fsp3) is 0.423. The second-order valence-corrected chi connectivity index (χ2v) is 10.1. The monoisotopic (exact) mass is 430 g/mol. The van der Waals surface area contributed by atoms with Crippen molar-refractivity contribution in [2.75, 3.05) is 6.61 Å². The molecule has 1 saturated heterocycles. The quantitative estimate of drug-likeness (QED) is 0.597. The van der Waals surface area contributed by atoms with E-state index in [1.165, 1.54) is 22.0 Å². The van der Waals surface area contributed by atoms with E-state index in [4.69, 9.17) is 4.74 Å². The summed E-state index contributed by atoms with van der Waals surface area (Å²) in [4.78, 5) is 39.1. The average molecular weight is 431 g/mol. The SMILES string of the molecule is Cn1c(=O)n(Cc2ccccc2)c(=O)c2cc(CC34CC5(CC5)CC3COC4=O)ccc21. The molecule has 1 aromatic heterocycles. The number of esters is 1. The van der Waals surface area contributed by atoms with Crippen LogP contribution in [-0.4, -0.2) is 21.7 Å². The van der Waals surface area contributed by atoms with E-state index < -0.39 is 5.41 Å². The zero-order chi connectivity index (χ0) is 22.1. The number of aromatic nitrogens is 2. The number of aryl methyl sites for hydroxylation is 1. The maximum atomic E-state index is 13.4. The molecule has 1 spiro atoms. The Morgan fingerprint density at radius 2 is 1.81 bits per heavy atom. The Bertz CT molecular complexity index is 1370. The number of hydrogen-bond acceptors (Lipinski definition) is 4. The molecule has 2 saturated carbocycles. The molecule has 2 aromatic carbocycles. The maximum absolute atomic E-state index is 13.4. The molecule has 6 rings (SSSR count). The van der Waals surface area contributed by atoms with Gasteiger partial charge < -0.3 is 4.74 Å². The van der Waals surface area contributed by atoms with Gasteiger partial charge in [0, 0.05) is 13.0 Å². The van der Waals surface area contributed by atoms with Crippen molar-refractivity contribution in [1.82, 2.24) is 9.13 Å². The zero-order valence-electron chi connectivity index (χ0n) is 18.2. The number of hydrogen-bond donors (Lipinski definition) is 0. The first-order valence-corrected chi connectivity index (χ1v) is 11.3. The van der Waals surface area contributed by atoms with E-state index in [1.54, 1.807) is 7.05 Å². The van der Waals surface area contributed by atoms with Gasteiger partial charge in [0.25, 0.3) is 5.56 Å². The Labute approximate surface area is 185 Å². The largest absolute Gasteiger partial charge is 0.465 e. The lowest BCUT2D eigenvalue weighted by Crippen LogP contribution is -2.39. The lowest BCUT2D eigenvalue weighted by atomic mass is 9.74. The molecule has 6 nitrogen and oxygen atoms in total. The van der Waals surface area contributed by atoms with Gasteiger partial charge in [-0.15, -0.1) is 0 Å². The molecule has 1 aliphatic heterocycles. The summed E-state index contributed by atoms with van der Waals surface area (Å²) in [6.45, 7) is 0.750. The highest BCUT2D eigenvalue weighted by atomic mass is 16.5. The van der Waals surface area contributed by atoms with Crippen LogP contribution in [0.3, 0.4) is 0 Å². The number of carbonyl (C=O) groups excluding carboxylic acids is 1. The number of benzene rings is 2. The van der Waals surface area contributed by atoms with Crippen molar-refractivity contribution in [2.45, 2.75) is 38.6 Å². The van der Waals surface area contributed by atoms with Gasteiger partial charge in [-0.05, 0) is 60.8 Å². The number of carbonyl (C=O) groups is 1. The predicted molar refractivity (Wildman–Crippen MR) is 120 cm³/mol. The van der Waals surface area contributed by atoms with Crippen molar-refractivity contribution in [2.24, 2.45) is 23.8 Å². The molecular weight excluding hydrogens is 404 g/mol. The number of rotatable bonds is 4. The van der Waals surface area contributed by atoms with Crippen LogP contribution >= 0.6 is 0 Å². The van der Waals surface area contributed by atoms with Gasteiger partial charge in [0.2, 0.25) is 0 Å². The van der Waals surface area contributed by atoms with Gasteiger partial charge in [0.05, 0.1) is 29.5 Å². The first-order chi connectivity index (χ1) is 15.4. The van der Waals surface area contributed by atoms with Crippen LogP contribution in [0.2, 0.25) is 0 Å². The molecule has 2 unspecified atom stereocenters. The molecule has 2 atom stereocenters. The number of cyclic esters (lactones) is 1. The maximum Gasteiger partial charge on any atom is 0.331 e. The van der Waals surface area contributed by atoms with Crippen LogP contribution in [0.4, 0.5) is 0 Å². The van der Waals surface area contributed by atoms with E-state index in [-0.39, 0.29) is 29.7 Å². The first-order valence-electron chi connectivity index (χ1n) is 11.3. The van der Waals surface area contributed by atoms with Crippen LogP contribution in [0.1, 0.15) is 36.8 Å². The summed E-state index contributed by atoms with van der Waals surface area (Å²) < 4.78 is 8.32. The normalized spacial score (nSPS) is 25.3. The molecule has 0 radical (unpaired) electrons. The Kier molecular flexibility index (Phi) is 4.07. The van der Waals surface area contributed by atoms with E-state index in [2.05, 4.69) is 0 Å². The summed E-state index contributed by atoms with van der Waals surface area (Å²) >= 11 is 0. The van der Waals surface area contributed by atoms with Gasteiger partial charge >= 0.3 is 11.7 Å². The standard InChI is InChI=1S/C26H26N2O4/c1-27-21-8-7-18(12-26-16-25(9-10-25)13-19(26)15-32-23(26)30)11-20(21)22(29)28(24(27)31)14-17-5-3-2-4-6-17/h2-8,11,19H,9-10,12-16H2,1H3. The molecule has 3 aromatic rings. The van der Waals surface area contributed by atoms with Crippen LogP contribution in [0.25, 0.3) is 10.9 Å². The number of ether oxygens (including phenoxy) is 1. The van der Waals surface area contributed by atoms with Gasteiger partial charge in [0.15, 0.2) is 0 Å². The minimum atomic E-state index is -0.464. The molecule has 2 heterocycles. The van der Waals surface area contributed by atoms with Crippen molar-refractivity contribution in [3.63, 3.8) is 0 Å². The zero-order valence-corrected chi connectivity index (χ0v) is 18.2. The van der Waals surface area contributed by atoms with Crippen LogP contribution in [0.5, 0.6) is 0 Å². The van der Waals surface area contributed by atoms with Gasteiger partial charge in [0.1, 0.15) is 0 Å². The summed E-state index contributed by atoms with van der Waals surface area (Å²) in [5.74, 6) is 0.191. The van der Waals surface area contributed by atoms with Crippen LogP contribution < -0.4 is 11.2 Å². The van der Waals surface area contributed by atoms with Crippen LogP contribution in [-0.2, 0) is 29.5 Å². The summed E-state index contributed by atoms with van der Waals surface area (Å²) in [6.07, 6.45) is 4.98. The Morgan fingerprint density at radius 3 is 2.56 bits per heavy atom.